The molecule has 0 radical (unpaired) electrons. The Labute approximate surface area is 135 Å². The van der Waals surface area contributed by atoms with E-state index in [0.717, 1.165) is 5.56 Å². The summed E-state index contributed by atoms with van der Waals surface area (Å²) in [6, 6.07) is 11.4. The Hall–Kier alpha value is -2.81. The first-order chi connectivity index (χ1) is 11.1. The summed E-state index contributed by atoms with van der Waals surface area (Å²) in [5, 5.41) is 20.8. The van der Waals surface area contributed by atoms with E-state index in [2.05, 4.69) is 5.32 Å². The number of carbonyl (C=O) groups is 2. The maximum absolute atomic E-state index is 12.1. The van der Waals surface area contributed by atoms with Crippen LogP contribution in [0.5, 0.6) is 0 Å². The Morgan fingerprint density at radius 2 is 1.96 bits per heavy atom. The summed E-state index contributed by atoms with van der Waals surface area (Å²) < 4.78 is 0. The fourth-order valence-corrected chi connectivity index (χ4v) is 2.47. The Bertz CT molecular complexity index is 626. The van der Waals surface area contributed by atoms with E-state index in [1.54, 1.807) is 0 Å². The second-order valence-electron chi connectivity index (χ2n) is 5.47. The molecule has 0 spiro atoms. The van der Waals surface area contributed by atoms with Crippen molar-refractivity contribution < 1.29 is 14.7 Å². The molecule has 1 fully saturated rings. The quantitative estimate of drug-likeness (QED) is 0.635. The van der Waals surface area contributed by atoms with Gasteiger partial charge in [0.2, 0.25) is 0 Å². The second kappa shape index (κ2) is 7.99. The van der Waals surface area contributed by atoms with Gasteiger partial charge in [0, 0.05) is 25.8 Å². The van der Waals surface area contributed by atoms with Gasteiger partial charge in [0.25, 0.3) is 5.91 Å². The van der Waals surface area contributed by atoms with Crippen molar-refractivity contribution in [1.29, 1.82) is 5.26 Å². The van der Waals surface area contributed by atoms with Crippen LogP contribution in [0.2, 0.25) is 0 Å². The smallest absolute Gasteiger partial charge is 0.306 e. The van der Waals surface area contributed by atoms with Crippen molar-refractivity contribution >= 4 is 11.9 Å². The number of carboxylic acids is 1. The molecule has 1 aromatic rings. The van der Waals surface area contributed by atoms with E-state index < -0.39 is 11.9 Å². The average Bonchev–Trinajstić information content (AvgIpc) is 2.59. The number of aliphatic carboxylic acids is 1. The molecule has 2 rings (SSSR count). The van der Waals surface area contributed by atoms with Crippen LogP contribution < -0.4 is 5.32 Å². The fraction of sp³-hybridized carbons (Fsp3) is 0.353. The molecular weight excluding hydrogens is 294 g/mol. The standard InChI is InChI=1S/C17H19N3O3/c18-10-15(12-20-8-6-14(7-9-20)17(22)23)16(21)19-11-13-4-2-1-3-5-13/h1-5,12,14H,6-9,11H2,(H,19,21)(H,22,23)/b15-12+. The maximum Gasteiger partial charge on any atom is 0.306 e. The lowest BCUT2D eigenvalue weighted by atomic mass is 9.97. The third-order valence-electron chi connectivity index (χ3n) is 3.85. The second-order valence-corrected chi connectivity index (χ2v) is 5.47. The van der Waals surface area contributed by atoms with Crippen LogP contribution in [0.15, 0.2) is 42.1 Å². The van der Waals surface area contributed by atoms with E-state index in [0.29, 0.717) is 32.5 Å². The van der Waals surface area contributed by atoms with E-state index in [9.17, 15) is 9.59 Å². The zero-order valence-corrected chi connectivity index (χ0v) is 12.7. The summed E-state index contributed by atoms with van der Waals surface area (Å²) in [7, 11) is 0. The molecule has 1 aliphatic heterocycles. The molecule has 23 heavy (non-hydrogen) atoms. The van der Waals surface area contributed by atoms with Crippen LogP contribution in [0.1, 0.15) is 18.4 Å². The van der Waals surface area contributed by atoms with Crippen molar-refractivity contribution in [3.63, 3.8) is 0 Å². The van der Waals surface area contributed by atoms with Gasteiger partial charge in [-0.05, 0) is 18.4 Å². The number of amides is 1. The number of hydrogen-bond donors (Lipinski definition) is 2. The molecule has 0 unspecified atom stereocenters. The highest BCUT2D eigenvalue weighted by Gasteiger charge is 2.23. The van der Waals surface area contributed by atoms with Gasteiger partial charge in [-0.1, -0.05) is 30.3 Å². The normalized spacial score (nSPS) is 15.8. The minimum absolute atomic E-state index is 0.0368. The predicted molar refractivity (Wildman–Crippen MR) is 83.9 cm³/mol. The van der Waals surface area contributed by atoms with Crippen molar-refractivity contribution in [2.24, 2.45) is 5.92 Å². The number of hydrogen-bond acceptors (Lipinski definition) is 4. The number of piperidine rings is 1. The van der Waals surface area contributed by atoms with Crippen molar-refractivity contribution in [3.05, 3.63) is 47.7 Å². The summed E-state index contributed by atoms with van der Waals surface area (Å²) in [6.07, 6.45) is 2.57. The first kappa shape index (κ1) is 16.6. The van der Waals surface area contributed by atoms with Gasteiger partial charge < -0.3 is 15.3 Å². The number of carboxylic acid groups (broad SMARTS) is 1. The topological polar surface area (TPSA) is 93.4 Å². The minimum atomic E-state index is -0.783. The first-order valence-corrected chi connectivity index (χ1v) is 7.51. The molecule has 120 valence electrons. The average molecular weight is 313 g/mol. The van der Waals surface area contributed by atoms with Gasteiger partial charge in [-0.3, -0.25) is 9.59 Å². The van der Waals surface area contributed by atoms with E-state index in [1.165, 1.54) is 6.20 Å². The maximum atomic E-state index is 12.1. The molecule has 1 amide bonds. The molecule has 1 heterocycles. The molecule has 6 nitrogen and oxygen atoms in total. The number of nitrogens with zero attached hydrogens (tertiary/aromatic N) is 2. The fourth-order valence-electron chi connectivity index (χ4n) is 2.47. The molecule has 1 aromatic carbocycles. The van der Waals surface area contributed by atoms with Crippen LogP contribution in [0.25, 0.3) is 0 Å². The van der Waals surface area contributed by atoms with E-state index >= 15 is 0 Å². The number of rotatable bonds is 5. The van der Waals surface area contributed by atoms with Gasteiger partial charge in [0.1, 0.15) is 11.6 Å². The highest BCUT2D eigenvalue weighted by molar-refractivity contribution is 5.97. The predicted octanol–water partition coefficient (Wildman–Crippen LogP) is 1.51. The van der Waals surface area contributed by atoms with Crippen molar-refractivity contribution in [3.8, 4) is 6.07 Å². The van der Waals surface area contributed by atoms with Crippen LogP contribution in [0.4, 0.5) is 0 Å². The van der Waals surface area contributed by atoms with E-state index in [-0.39, 0.29) is 11.5 Å². The van der Waals surface area contributed by atoms with Gasteiger partial charge in [-0.15, -0.1) is 0 Å². The molecule has 0 bridgehead atoms. The SMILES string of the molecule is N#C/C(=C\N1CCC(C(=O)O)CC1)C(=O)NCc1ccccc1. The molecular formula is C17H19N3O3. The van der Waals surface area contributed by atoms with Crippen LogP contribution in [-0.2, 0) is 16.1 Å². The molecule has 0 saturated carbocycles. The summed E-state index contributed by atoms with van der Waals surface area (Å²) in [5.74, 6) is -1.54. The van der Waals surface area contributed by atoms with Gasteiger partial charge >= 0.3 is 5.97 Å². The summed E-state index contributed by atoms with van der Waals surface area (Å²) in [4.78, 5) is 24.8. The monoisotopic (exact) mass is 313 g/mol. The number of carbonyl (C=O) groups excluding carboxylic acids is 1. The number of likely N-dealkylation sites (tertiary alicyclic amines) is 1. The van der Waals surface area contributed by atoms with E-state index in [1.807, 2.05) is 41.3 Å². The molecule has 2 N–H and O–H groups in total. The lowest BCUT2D eigenvalue weighted by Gasteiger charge is -2.29. The van der Waals surface area contributed by atoms with Gasteiger partial charge in [-0.25, -0.2) is 0 Å². The summed E-state index contributed by atoms with van der Waals surface area (Å²) in [6.45, 7) is 1.43. The zero-order valence-electron chi connectivity index (χ0n) is 12.7. The zero-order chi connectivity index (χ0) is 16.7. The van der Waals surface area contributed by atoms with Crippen LogP contribution >= 0.6 is 0 Å². The summed E-state index contributed by atoms with van der Waals surface area (Å²) in [5.41, 5.74) is 0.995. The highest BCUT2D eigenvalue weighted by Crippen LogP contribution is 2.18. The largest absolute Gasteiger partial charge is 0.481 e. The Balaban J connectivity index is 1.90. The van der Waals surface area contributed by atoms with Crippen molar-refractivity contribution in [2.75, 3.05) is 13.1 Å². The number of benzene rings is 1. The van der Waals surface area contributed by atoms with Gasteiger partial charge in [-0.2, -0.15) is 5.26 Å². The Kier molecular flexibility index (Phi) is 5.75. The molecule has 0 aromatic heterocycles. The van der Waals surface area contributed by atoms with Crippen LogP contribution in [-0.4, -0.2) is 35.0 Å². The highest BCUT2D eigenvalue weighted by atomic mass is 16.4. The van der Waals surface area contributed by atoms with Crippen molar-refractivity contribution in [2.45, 2.75) is 19.4 Å². The minimum Gasteiger partial charge on any atom is -0.481 e. The van der Waals surface area contributed by atoms with Crippen LogP contribution in [0, 0.1) is 17.2 Å². The van der Waals surface area contributed by atoms with E-state index in [4.69, 9.17) is 10.4 Å². The first-order valence-electron chi connectivity index (χ1n) is 7.51. The molecule has 6 heteroatoms. The van der Waals surface area contributed by atoms with Crippen LogP contribution in [0.3, 0.4) is 0 Å². The number of nitrogens with one attached hydrogen (secondary N) is 1. The van der Waals surface area contributed by atoms with Crippen molar-refractivity contribution in [1.82, 2.24) is 10.2 Å². The number of nitriles is 1. The van der Waals surface area contributed by atoms with Gasteiger partial charge in [0.05, 0.1) is 5.92 Å². The summed E-state index contributed by atoms with van der Waals surface area (Å²) >= 11 is 0. The molecule has 1 saturated heterocycles. The lowest BCUT2D eigenvalue weighted by molar-refractivity contribution is -0.143. The Morgan fingerprint density at radius 3 is 2.52 bits per heavy atom. The third kappa shape index (κ3) is 4.85. The van der Waals surface area contributed by atoms with Gasteiger partial charge in [0.15, 0.2) is 0 Å². The Morgan fingerprint density at radius 1 is 1.30 bits per heavy atom. The third-order valence-corrected chi connectivity index (χ3v) is 3.85. The molecule has 0 aliphatic carbocycles. The molecule has 1 aliphatic rings. The lowest BCUT2D eigenvalue weighted by Crippen LogP contribution is -2.34. The molecule has 0 atom stereocenters.